The van der Waals surface area contributed by atoms with E-state index in [-0.39, 0.29) is 0 Å². The monoisotopic (exact) mass is 1610 g/mol. The van der Waals surface area contributed by atoms with Gasteiger partial charge in [0.1, 0.15) is 0 Å². The topological polar surface area (TPSA) is 38.7 Å². The maximum Gasteiger partial charge on any atom is 0.0715 e. The predicted molar refractivity (Wildman–Crippen MR) is 530 cm³/mol. The third-order valence-corrected chi connectivity index (χ3v) is 29.1. The Morgan fingerprint density at radius 2 is 0.553 bits per heavy atom. The third-order valence-electron chi connectivity index (χ3n) is 25.8. The van der Waals surface area contributed by atoms with Crippen LogP contribution in [-0.2, 0) is 0 Å². The number of benzene rings is 17. The van der Waals surface area contributed by atoms with Gasteiger partial charge in [-0.2, -0.15) is 0 Å². The van der Waals surface area contributed by atoms with Gasteiger partial charge in [-0.25, -0.2) is 0 Å². The number of pyridine rings is 3. The van der Waals surface area contributed by atoms with Gasteiger partial charge < -0.3 is 0 Å². The number of hydrogen-bond donors (Lipinski definition) is 0. The van der Waals surface area contributed by atoms with Gasteiger partial charge in [-0.15, -0.1) is 34.0 Å². The molecular weight excluding hydrogens is 1540 g/mol. The minimum atomic E-state index is 0.426. The summed E-state index contributed by atoms with van der Waals surface area (Å²) in [7, 11) is 0. The minimum absolute atomic E-state index is 0.426. The molecule has 572 valence electrons. The number of nitrogens with zero attached hydrogens (tertiary/aromatic N) is 3. The molecule has 23 aromatic rings. The summed E-state index contributed by atoms with van der Waals surface area (Å²) in [4.78, 5) is 14.6. The SMILES string of the molecule is C1=CC2=CC=C3C=C(c4cccc(-c5ccc6c(c5)ncc5sc7ccccc7c56)c4)C=C4C=CC(=C1)C2C34.c1cc(-c2ccc3c(c2)ncc2sc4ccccc4c23)cc(-c2c3ccccc3c(-c3ccc4ccccc4c3)c3ccccc23)c1.c1cc(-c2ccc3c(ccc4ccccc43)c2)cc(-c2ccc3c(c2)ncc2sc4ccccc4c23)c1. The minimum Gasteiger partial charge on any atom is -0.255 e. The highest BCUT2D eigenvalue weighted by Gasteiger charge is 2.38. The van der Waals surface area contributed by atoms with Crippen LogP contribution in [0, 0.1) is 11.8 Å². The van der Waals surface area contributed by atoms with E-state index in [2.05, 4.69) is 400 Å². The molecule has 6 heteroatoms. The molecule has 0 N–H and O–H groups in total. The zero-order chi connectivity index (χ0) is 80.7. The van der Waals surface area contributed by atoms with Crippen molar-refractivity contribution in [2.24, 2.45) is 11.8 Å². The largest absolute Gasteiger partial charge is 0.255 e. The van der Waals surface area contributed by atoms with Crippen LogP contribution in [0.1, 0.15) is 5.56 Å². The van der Waals surface area contributed by atoms with E-state index in [0.29, 0.717) is 11.8 Å². The Labute approximate surface area is 721 Å². The Balaban J connectivity index is 0.000000102. The molecule has 0 saturated heterocycles. The lowest BCUT2D eigenvalue weighted by Gasteiger charge is -2.40. The Bertz CT molecular complexity index is 8670. The summed E-state index contributed by atoms with van der Waals surface area (Å²) < 4.78 is 7.66. The summed E-state index contributed by atoms with van der Waals surface area (Å²) in [5.74, 6) is 0.877. The highest BCUT2D eigenvalue weighted by Crippen LogP contribution is 2.52. The average molecular weight is 1620 g/mol. The van der Waals surface area contributed by atoms with E-state index >= 15 is 0 Å². The molecule has 123 heavy (non-hydrogen) atoms. The molecule has 0 amide bonds. The van der Waals surface area contributed by atoms with E-state index < -0.39 is 0 Å². The van der Waals surface area contributed by atoms with Crippen LogP contribution in [0.2, 0.25) is 0 Å². The summed E-state index contributed by atoms with van der Waals surface area (Å²) in [6.45, 7) is 0. The maximum absolute atomic E-state index is 4.92. The maximum atomic E-state index is 4.92. The predicted octanol–water partition coefficient (Wildman–Crippen LogP) is 33.1. The molecule has 0 bridgehead atoms. The van der Waals surface area contributed by atoms with Crippen LogP contribution in [0.4, 0.5) is 0 Å². The van der Waals surface area contributed by atoms with Crippen molar-refractivity contribution >= 4 is 187 Å². The summed E-state index contributed by atoms with van der Waals surface area (Å²) in [6.07, 6.45) is 26.9. The van der Waals surface area contributed by atoms with Crippen molar-refractivity contribution in [3.63, 3.8) is 0 Å². The molecule has 2 unspecified atom stereocenters. The van der Waals surface area contributed by atoms with Crippen molar-refractivity contribution in [3.8, 4) is 66.8 Å². The molecule has 0 radical (unpaired) electrons. The second-order valence-electron chi connectivity index (χ2n) is 32.7. The normalized spacial score (nSPS) is 14.7. The number of thiophene rings is 3. The van der Waals surface area contributed by atoms with E-state index in [1.807, 2.05) is 52.6 Å². The molecule has 4 aliphatic rings. The van der Waals surface area contributed by atoms with Crippen molar-refractivity contribution in [2.45, 2.75) is 0 Å². The van der Waals surface area contributed by atoms with Gasteiger partial charge in [0, 0.05) is 93.0 Å². The molecule has 4 aliphatic carbocycles. The lowest BCUT2D eigenvalue weighted by atomic mass is 9.64. The summed E-state index contributed by atoms with van der Waals surface area (Å²) in [6, 6.07) is 126. The first-order valence-electron chi connectivity index (χ1n) is 42.1. The van der Waals surface area contributed by atoms with Crippen LogP contribution in [0.3, 0.4) is 0 Å². The first-order chi connectivity index (χ1) is 60.9. The molecule has 17 aromatic carbocycles. The van der Waals surface area contributed by atoms with Crippen LogP contribution < -0.4 is 0 Å². The molecule has 0 saturated carbocycles. The lowest BCUT2D eigenvalue weighted by molar-refractivity contribution is 0.565. The molecule has 0 fully saturated rings. The Morgan fingerprint density at radius 1 is 0.203 bits per heavy atom. The molecule has 3 nitrogen and oxygen atoms in total. The van der Waals surface area contributed by atoms with Crippen LogP contribution in [0.25, 0.3) is 219 Å². The number of hydrogen-bond acceptors (Lipinski definition) is 6. The van der Waals surface area contributed by atoms with Crippen LogP contribution in [-0.4, -0.2) is 15.0 Å². The van der Waals surface area contributed by atoms with Crippen molar-refractivity contribution in [2.75, 3.05) is 0 Å². The quantitative estimate of drug-likeness (QED) is 0.118. The van der Waals surface area contributed by atoms with Crippen molar-refractivity contribution in [1.29, 1.82) is 0 Å². The van der Waals surface area contributed by atoms with Gasteiger partial charge in [0.2, 0.25) is 0 Å². The summed E-state index contributed by atoms with van der Waals surface area (Å²) in [5.41, 5.74) is 25.9. The van der Waals surface area contributed by atoms with Crippen molar-refractivity contribution in [1.82, 2.24) is 15.0 Å². The number of fused-ring (bicyclic) bond motifs is 21. The highest BCUT2D eigenvalue weighted by molar-refractivity contribution is 7.26. The molecule has 27 rings (SSSR count). The number of rotatable bonds is 7. The zero-order valence-corrected chi connectivity index (χ0v) is 69.0. The standard InChI is InChI=1S/C45H27NS.C37H23NS.C35H21NS/c1-2-11-29-24-33(21-20-28(29)10-1)44-36-16-5-3-14-34(36)43(35-15-4-6-17-37(35)44)32-13-9-12-30(25-32)31-22-23-38-40(26-31)46-27-42-45(38)39-18-7-8-19-41(39)47-42;1-2-10-33-31(9-1)37-30-16-15-26(20-32(30)38-21-34(37)39-33)24-7-4-8-25(17-24)29-18-27-13-11-22-5-3-6-23-12-14-28(19-29)36(27)35(22)23;1-2-9-28-22(6-1)12-13-27-19-25(14-16-29(27)28)23-7-5-8-24(18-23)26-15-17-30-32(20-26)36-21-34-35(30)31-10-3-4-11-33(31)37-34/h1-27H;1-21,35-36H;1-21H. The second kappa shape index (κ2) is 28.9. The van der Waals surface area contributed by atoms with Crippen LogP contribution in [0.5, 0.6) is 0 Å². The Morgan fingerprint density at radius 3 is 1.09 bits per heavy atom. The second-order valence-corrected chi connectivity index (χ2v) is 36.0. The van der Waals surface area contributed by atoms with Gasteiger partial charge in [0.25, 0.3) is 0 Å². The van der Waals surface area contributed by atoms with Gasteiger partial charge in [-0.3, -0.25) is 15.0 Å². The molecule has 2 atom stereocenters. The van der Waals surface area contributed by atoms with Gasteiger partial charge >= 0.3 is 0 Å². The number of aromatic nitrogens is 3. The van der Waals surface area contributed by atoms with Crippen LogP contribution >= 0.6 is 34.0 Å². The van der Waals surface area contributed by atoms with Gasteiger partial charge in [0.15, 0.2) is 0 Å². The van der Waals surface area contributed by atoms with E-state index in [9.17, 15) is 0 Å². The van der Waals surface area contributed by atoms with Crippen molar-refractivity contribution in [3.05, 3.63) is 447 Å². The molecular formula is C117H71N3S3. The molecule has 6 heterocycles. The fraction of sp³-hybridized carbons (Fsp3) is 0.0171. The van der Waals surface area contributed by atoms with Gasteiger partial charge in [-0.05, 0) is 221 Å². The Kier molecular flexibility index (Phi) is 16.7. The van der Waals surface area contributed by atoms with Crippen molar-refractivity contribution < 1.29 is 0 Å². The molecule has 0 spiro atoms. The highest BCUT2D eigenvalue weighted by atomic mass is 32.1. The van der Waals surface area contributed by atoms with E-state index in [4.69, 9.17) is 15.0 Å². The first-order valence-corrected chi connectivity index (χ1v) is 44.6. The first kappa shape index (κ1) is 71.1. The molecule has 6 aromatic heterocycles. The lowest BCUT2D eigenvalue weighted by Crippen LogP contribution is -2.28. The zero-order valence-electron chi connectivity index (χ0n) is 66.6. The fourth-order valence-electron chi connectivity index (χ4n) is 20.1. The summed E-state index contributed by atoms with van der Waals surface area (Å²) in [5, 5.41) is 24.3. The third kappa shape index (κ3) is 12.1. The van der Waals surface area contributed by atoms with E-state index in [1.165, 1.54) is 231 Å². The smallest absolute Gasteiger partial charge is 0.0715 e. The molecule has 0 aliphatic heterocycles. The Hall–Kier alpha value is -14.9. The average Bonchev–Trinajstić information content (AvgIpc) is 1.07. The number of allylic oxidation sites excluding steroid dienone is 14. The van der Waals surface area contributed by atoms with E-state index in [0.717, 1.165) is 16.6 Å². The van der Waals surface area contributed by atoms with E-state index in [1.54, 1.807) is 0 Å². The van der Waals surface area contributed by atoms with Gasteiger partial charge in [0.05, 0.1) is 30.6 Å². The summed E-state index contributed by atoms with van der Waals surface area (Å²) >= 11 is 5.45. The van der Waals surface area contributed by atoms with Gasteiger partial charge in [-0.1, -0.05) is 334 Å². The van der Waals surface area contributed by atoms with Crippen LogP contribution in [0.15, 0.2) is 441 Å². The fourth-order valence-corrected chi connectivity index (χ4v) is 23.3.